The van der Waals surface area contributed by atoms with Gasteiger partial charge in [-0.05, 0) is 26.0 Å². The number of aliphatic carboxylic acids is 1. The molecule has 16 heavy (non-hydrogen) atoms. The van der Waals surface area contributed by atoms with Gasteiger partial charge in [0.2, 0.25) is 0 Å². The number of aromatic hydroxyl groups is 1. The molecule has 1 aliphatic heterocycles. The SMILES string of the molecule is CC(C)(C(=O)O)C1CSc2cccc(O)c21. The van der Waals surface area contributed by atoms with Gasteiger partial charge in [0.15, 0.2) is 0 Å². The van der Waals surface area contributed by atoms with Crippen molar-refractivity contribution in [2.24, 2.45) is 5.41 Å². The van der Waals surface area contributed by atoms with Crippen molar-refractivity contribution in [3.05, 3.63) is 23.8 Å². The summed E-state index contributed by atoms with van der Waals surface area (Å²) in [6, 6.07) is 5.34. The van der Waals surface area contributed by atoms with Crippen LogP contribution in [0, 0.1) is 5.41 Å². The lowest BCUT2D eigenvalue weighted by Gasteiger charge is -2.27. The number of carboxylic acid groups (broad SMARTS) is 1. The zero-order valence-electron chi connectivity index (χ0n) is 9.23. The molecule has 0 bridgehead atoms. The molecule has 4 heteroatoms. The molecular weight excluding hydrogens is 224 g/mol. The van der Waals surface area contributed by atoms with Crippen LogP contribution >= 0.6 is 11.8 Å². The molecule has 0 aromatic heterocycles. The van der Waals surface area contributed by atoms with Crippen molar-refractivity contribution in [2.75, 3.05) is 5.75 Å². The van der Waals surface area contributed by atoms with E-state index in [1.165, 1.54) is 0 Å². The van der Waals surface area contributed by atoms with E-state index in [0.717, 1.165) is 10.5 Å². The molecule has 0 spiro atoms. The Balaban J connectivity index is 2.48. The fourth-order valence-corrected chi connectivity index (χ4v) is 3.49. The first-order valence-corrected chi connectivity index (χ1v) is 6.11. The maximum Gasteiger partial charge on any atom is 0.309 e. The van der Waals surface area contributed by atoms with Crippen LogP contribution in [-0.2, 0) is 4.79 Å². The first-order chi connectivity index (χ1) is 7.44. The van der Waals surface area contributed by atoms with Crippen LogP contribution in [0.25, 0.3) is 0 Å². The van der Waals surface area contributed by atoms with Crippen molar-refractivity contribution in [3.63, 3.8) is 0 Å². The van der Waals surface area contributed by atoms with Crippen molar-refractivity contribution < 1.29 is 15.0 Å². The van der Waals surface area contributed by atoms with Gasteiger partial charge in [0, 0.05) is 22.1 Å². The van der Waals surface area contributed by atoms with Crippen LogP contribution in [0.4, 0.5) is 0 Å². The van der Waals surface area contributed by atoms with Gasteiger partial charge >= 0.3 is 5.97 Å². The van der Waals surface area contributed by atoms with Gasteiger partial charge in [-0.3, -0.25) is 4.79 Å². The van der Waals surface area contributed by atoms with Crippen LogP contribution in [0.5, 0.6) is 5.75 Å². The van der Waals surface area contributed by atoms with Crippen LogP contribution in [-0.4, -0.2) is 21.9 Å². The fraction of sp³-hybridized carbons (Fsp3) is 0.417. The van der Waals surface area contributed by atoms with E-state index in [1.54, 1.807) is 37.7 Å². The molecule has 0 saturated carbocycles. The number of fused-ring (bicyclic) bond motifs is 1. The molecule has 0 aliphatic carbocycles. The molecule has 0 fully saturated rings. The van der Waals surface area contributed by atoms with Crippen LogP contribution in [0.15, 0.2) is 23.1 Å². The number of carbonyl (C=O) groups is 1. The quantitative estimate of drug-likeness (QED) is 0.831. The summed E-state index contributed by atoms with van der Waals surface area (Å²) >= 11 is 1.61. The summed E-state index contributed by atoms with van der Waals surface area (Å²) in [5.41, 5.74) is -0.0585. The van der Waals surface area contributed by atoms with Gasteiger partial charge in [-0.15, -0.1) is 11.8 Å². The molecule has 1 atom stereocenters. The molecule has 1 aromatic carbocycles. The zero-order valence-corrected chi connectivity index (χ0v) is 10.0. The van der Waals surface area contributed by atoms with Gasteiger partial charge in [-0.2, -0.15) is 0 Å². The lowest BCUT2D eigenvalue weighted by Crippen LogP contribution is -2.31. The second-order valence-electron chi connectivity index (χ2n) is 4.58. The van der Waals surface area contributed by atoms with E-state index in [9.17, 15) is 15.0 Å². The van der Waals surface area contributed by atoms with E-state index in [2.05, 4.69) is 0 Å². The van der Waals surface area contributed by atoms with Gasteiger partial charge in [0.1, 0.15) is 5.75 Å². The van der Waals surface area contributed by atoms with E-state index in [1.807, 2.05) is 6.07 Å². The number of hydrogen-bond acceptors (Lipinski definition) is 3. The highest BCUT2D eigenvalue weighted by Gasteiger charge is 2.42. The number of thioether (sulfide) groups is 1. The summed E-state index contributed by atoms with van der Waals surface area (Å²) in [4.78, 5) is 12.2. The molecule has 1 aliphatic rings. The Morgan fingerprint density at radius 1 is 1.50 bits per heavy atom. The third-order valence-electron chi connectivity index (χ3n) is 3.22. The van der Waals surface area contributed by atoms with E-state index in [0.29, 0.717) is 5.75 Å². The Bertz CT molecular complexity index is 440. The maximum atomic E-state index is 11.2. The number of carboxylic acids is 1. The smallest absolute Gasteiger partial charge is 0.309 e. The molecule has 1 heterocycles. The number of phenolic OH excluding ortho intramolecular Hbond substituents is 1. The molecule has 1 unspecified atom stereocenters. The molecule has 3 nitrogen and oxygen atoms in total. The van der Waals surface area contributed by atoms with Crippen molar-refractivity contribution in [1.82, 2.24) is 0 Å². The maximum absolute atomic E-state index is 11.2. The Morgan fingerprint density at radius 3 is 2.81 bits per heavy atom. The summed E-state index contributed by atoms with van der Waals surface area (Å²) in [7, 11) is 0. The van der Waals surface area contributed by atoms with E-state index in [4.69, 9.17) is 0 Å². The molecule has 0 amide bonds. The molecule has 86 valence electrons. The van der Waals surface area contributed by atoms with Gasteiger partial charge in [0.25, 0.3) is 0 Å². The zero-order chi connectivity index (χ0) is 11.9. The van der Waals surface area contributed by atoms with E-state index >= 15 is 0 Å². The average Bonchev–Trinajstić information content (AvgIpc) is 2.63. The number of phenols is 1. The van der Waals surface area contributed by atoms with Gasteiger partial charge in [-0.1, -0.05) is 6.07 Å². The minimum absolute atomic E-state index is 0.133. The van der Waals surface area contributed by atoms with Gasteiger partial charge < -0.3 is 10.2 Å². The van der Waals surface area contributed by atoms with Crippen molar-refractivity contribution >= 4 is 17.7 Å². The standard InChI is InChI=1S/C12H14O3S/c1-12(2,11(14)15)7-6-16-9-5-3-4-8(13)10(7)9/h3-5,7,13H,6H2,1-2H3,(H,14,15). The molecule has 2 N–H and O–H groups in total. The first-order valence-electron chi connectivity index (χ1n) is 5.12. The highest BCUT2D eigenvalue weighted by atomic mass is 32.2. The minimum Gasteiger partial charge on any atom is -0.508 e. The highest BCUT2D eigenvalue weighted by molar-refractivity contribution is 7.99. The molecule has 1 aromatic rings. The van der Waals surface area contributed by atoms with Crippen molar-refractivity contribution in [1.29, 1.82) is 0 Å². The number of hydrogen-bond donors (Lipinski definition) is 2. The van der Waals surface area contributed by atoms with Crippen LogP contribution in [0.1, 0.15) is 25.3 Å². The third-order valence-corrected chi connectivity index (χ3v) is 4.39. The fourth-order valence-electron chi connectivity index (χ4n) is 1.98. The minimum atomic E-state index is -0.850. The van der Waals surface area contributed by atoms with E-state index in [-0.39, 0.29) is 11.7 Å². The molecule has 0 saturated heterocycles. The summed E-state index contributed by atoms with van der Waals surface area (Å²) in [6.07, 6.45) is 0. The lowest BCUT2D eigenvalue weighted by molar-refractivity contribution is -0.147. The normalized spacial score (nSPS) is 19.5. The van der Waals surface area contributed by atoms with Crippen LogP contribution in [0.3, 0.4) is 0 Å². The second kappa shape index (κ2) is 3.70. The first kappa shape index (κ1) is 11.3. The topological polar surface area (TPSA) is 57.5 Å². The number of benzene rings is 1. The largest absolute Gasteiger partial charge is 0.508 e. The molecule has 0 radical (unpaired) electrons. The predicted octanol–water partition coefficient (Wildman–Crippen LogP) is 2.69. The molecule has 2 rings (SSSR count). The van der Waals surface area contributed by atoms with Crippen molar-refractivity contribution in [2.45, 2.75) is 24.7 Å². The summed E-state index contributed by atoms with van der Waals surface area (Å²) in [6.45, 7) is 3.42. The average molecular weight is 238 g/mol. The Kier molecular flexibility index (Phi) is 2.62. The molecular formula is C12H14O3S. The van der Waals surface area contributed by atoms with E-state index < -0.39 is 11.4 Å². The number of rotatable bonds is 2. The predicted molar refractivity (Wildman–Crippen MR) is 63.0 cm³/mol. The van der Waals surface area contributed by atoms with Crippen LogP contribution in [0.2, 0.25) is 0 Å². The Morgan fingerprint density at radius 2 is 2.19 bits per heavy atom. The third kappa shape index (κ3) is 1.57. The van der Waals surface area contributed by atoms with Crippen LogP contribution < -0.4 is 0 Å². The highest BCUT2D eigenvalue weighted by Crippen LogP contribution is 2.51. The summed E-state index contributed by atoms with van der Waals surface area (Å²) in [5.74, 6) is -0.0334. The van der Waals surface area contributed by atoms with Gasteiger partial charge in [0.05, 0.1) is 5.41 Å². The Labute approximate surface area is 98.5 Å². The summed E-state index contributed by atoms with van der Waals surface area (Å²) in [5, 5.41) is 19.1. The monoisotopic (exact) mass is 238 g/mol. The lowest BCUT2D eigenvalue weighted by atomic mass is 9.76. The second-order valence-corrected chi connectivity index (χ2v) is 5.64. The summed E-state index contributed by atoms with van der Waals surface area (Å²) < 4.78 is 0. The van der Waals surface area contributed by atoms with Gasteiger partial charge in [-0.25, -0.2) is 0 Å². The Hall–Kier alpha value is -1.16. The van der Waals surface area contributed by atoms with Crippen molar-refractivity contribution in [3.8, 4) is 5.75 Å².